The molecule has 2 rings (SSSR count). The molecule has 0 saturated heterocycles. The summed E-state index contributed by atoms with van der Waals surface area (Å²) in [6, 6.07) is 7.74. The van der Waals surface area contributed by atoms with Crippen LogP contribution in [0.1, 0.15) is 13.8 Å². The van der Waals surface area contributed by atoms with Crippen molar-refractivity contribution in [3.63, 3.8) is 0 Å². The molecule has 1 aromatic carbocycles. The first kappa shape index (κ1) is 14.4. The van der Waals surface area contributed by atoms with Crippen molar-refractivity contribution in [2.75, 3.05) is 11.1 Å². The van der Waals surface area contributed by atoms with E-state index in [4.69, 9.17) is 22.1 Å². The van der Waals surface area contributed by atoms with Gasteiger partial charge in [-0.25, -0.2) is 4.39 Å². The van der Waals surface area contributed by atoms with Gasteiger partial charge in [0.2, 0.25) is 5.88 Å². The SMILES string of the molecule is CC(C)Oc1nc(Nc2ccc(F)c(Cl)c2)ccc1N. The number of hydrogen-bond donors (Lipinski definition) is 2. The largest absolute Gasteiger partial charge is 0.473 e. The molecular formula is C14H15ClFN3O. The molecule has 1 aromatic heterocycles. The molecule has 0 aliphatic heterocycles. The highest BCUT2D eigenvalue weighted by molar-refractivity contribution is 6.31. The van der Waals surface area contributed by atoms with Crippen LogP contribution in [0, 0.1) is 5.82 Å². The van der Waals surface area contributed by atoms with E-state index in [2.05, 4.69) is 10.3 Å². The monoisotopic (exact) mass is 295 g/mol. The molecule has 0 bridgehead atoms. The second-order valence-electron chi connectivity index (χ2n) is 4.51. The zero-order chi connectivity index (χ0) is 14.7. The Morgan fingerprint density at radius 2 is 2.05 bits per heavy atom. The average molecular weight is 296 g/mol. The molecule has 0 amide bonds. The molecule has 0 aliphatic carbocycles. The van der Waals surface area contributed by atoms with Crippen LogP contribution in [0.25, 0.3) is 0 Å². The van der Waals surface area contributed by atoms with E-state index in [1.54, 1.807) is 18.2 Å². The van der Waals surface area contributed by atoms with Crippen LogP contribution < -0.4 is 15.8 Å². The zero-order valence-corrected chi connectivity index (χ0v) is 11.9. The van der Waals surface area contributed by atoms with Crippen LogP contribution in [-0.4, -0.2) is 11.1 Å². The molecule has 0 saturated carbocycles. The molecule has 0 aliphatic rings. The normalized spacial score (nSPS) is 10.7. The van der Waals surface area contributed by atoms with Gasteiger partial charge in [-0.3, -0.25) is 0 Å². The van der Waals surface area contributed by atoms with E-state index in [9.17, 15) is 4.39 Å². The van der Waals surface area contributed by atoms with Crippen molar-refractivity contribution in [2.24, 2.45) is 0 Å². The lowest BCUT2D eigenvalue weighted by molar-refractivity contribution is 0.234. The van der Waals surface area contributed by atoms with Crippen molar-refractivity contribution in [3.05, 3.63) is 41.2 Å². The Morgan fingerprint density at radius 1 is 1.30 bits per heavy atom. The summed E-state index contributed by atoms with van der Waals surface area (Å²) in [6.07, 6.45) is -0.0275. The van der Waals surface area contributed by atoms with E-state index in [0.717, 1.165) is 0 Å². The third-order valence-corrected chi connectivity index (χ3v) is 2.72. The second kappa shape index (κ2) is 5.96. The van der Waals surface area contributed by atoms with E-state index in [1.165, 1.54) is 12.1 Å². The minimum Gasteiger partial charge on any atom is -0.473 e. The number of ether oxygens (including phenoxy) is 1. The standard InChI is InChI=1S/C14H15ClFN3O/c1-8(2)20-14-12(17)5-6-13(19-14)18-9-3-4-11(16)10(15)7-9/h3-8H,17H2,1-2H3,(H,18,19). The van der Waals surface area contributed by atoms with Gasteiger partial charge in [-0.1, -0.05) is 11.6 Å². The number of rotatable bonds is 4. The fourth-order valence-electron chi connectivity index (χ4n) is 1.56. The van der Waals surface area contributed by atoms with Gasteiger partial charge in [0.1, 0.15) is 11.6 Å². The molecule has 4 nitrogen and oxygen atoms in total. The number of halogens is 2. The molecule has 3 N–H and O–H groups in total. The Balaban J connectivity index is 2.22. The fraction of sp³-hybridized carbons (Fsp3) is 0.214. The number of pyridine rings is 1. The predicted octanol–water partition coefficient (Wildman–Crippen LogP) is 3.99. The van der Waals surface area contributed by atoms with E-state index in [-0.39, 0.29) is 11.1 Å². The summed E-state index contributed by atoms with van der Waals surface area (Å²) in [5, 5.41) is 3.06. The number of hydrogen-bond acceptors (Lipinski definition) is 4. The van der Waals surface area contributed by atoms with Crippen molar-refractivity contribution in [3.8, 4) is 5.88 Å². The molecule has 0 spiro atoms. The van der Waals surface area contributed by atoms with Crippen molar-refractivity contribution >= 4 is 28.8 Å². The highest BCUT2D eigenvalue weighted by Gasteiger charge is 2.07. The van der Waals surface area contributed by atoms with Crippen LogP contribution in [-0.2, 0) is 0 Å². The lowest BCUT2D eigenvalue weighted by atomic mass is 10.3. The van der Waals surface area contributed by atoms with Crippen molar-refractivity contribution in [1.82, 2.24) is 4.98 Å². The van der Waals surface area contributed by atoms with E-state index < -0.39 is 5.82 Å². The topological polar surface area (TPSA) is 60.2 Å². The molecule has 0 atom stereocenters. The van der Waals surface area contributed by atoms with Gasteiger partial charge in [0, 0.05) is 5.69 Å². The maximum atomic E-state index is 13.1. The summed E-state index contributed by atoms with van der Waals surface area (Å²) < 4.78 is 18.6. The van der Waals surface area contributed by atoms with Gasteiger partial charge >= 0.3 is 0 Å². The third kappa shape index (κ3) is 3.51. The number of nitrogens with one attached hydrogen (secondary N) is 1. The smallest absolute Gasteiger partial charge is 0.239 e. The molecular weight excluding hydrogens is 281 g/mol. The molecule has 106 valence electrons. The lowest BCUT2D eigenvalue weighted by Gasteiger charge is -2.13. The number of benzene rings is 1. The highest BCUT2D eigenvalue weighted by atomic mass is 35.5. The summed E-state index contributed by atoms with van der Waals surface area (Å²) in [7, 11) is 0. The summed E-state index contributed by atoms with van der Waals surface area (Å²) in [5.41, 5.74) is 6.88. The molecule has 20 heavy (non-hydrogen) atoms. The molecule has 0 radical (unpaired) electrons. The Bertz CT molecular complexity index is 619. The van der Waals surface area contributed by atoms with Crippen LogP contribution in [0.15, 0.2) is 30.3 Å². The van der Waals surface area contributed by atoms with Gasteiger partial charge in [0.15, 0.2) is 0 Å². The van der Waals surface area contributed by atoms with E-state index in [1.807, 2.05) is 13.8 Å². The van der Waals surface area contributed by atoms with Gasteiger partial charge in [-0.2, -0.15) is 4.98 Å². The number of nitrogens with zero attached hydrogens (tertiary/aromatic N) is 1. The predicted molar refractivity (Wildman–Crippen MR) is 79.1 cm³/mol. The molecule has 1 heterocycles. The van der Waals surface area contributed by atoms with Crippen molar-refractivity contribution in [2.45, 2.75) is 20.0 Å². The van der Waals surface area contributed by atoms with E-state index >= 15 is 0 Å². The number of aromatic nitrogens is 1. The fourth-order valence-corrected chi connectivity index (χ4v) is 1.74. The Hall–Kier alpha value is -2.01. The van der Waals surface area contributed by atoms with Crippen LogP contribution in [0.4, 0.5) is 21.6 Å². The van der Waals surface area contributed by atoms with Gasteiger partial charge in [0.25, 0.3) is 0 Å². The minimum absolute atomic E-state index is 0.0275. The van der Waals surface area contributed by atoms with Gasteiger partial charge in [-0.15, -0.1) is 0 Å². The van der Waals surface area contributed by atoms with Gasteiger partial charge in [0.05, 0.1) is 16.8 Å². The molecule has 0 unspecified atom stereocenters. The van der Waals surface area contributed by atoms with Crippen molar-refractivity contribution < 1.29 is 9.13 Å². The minimum atomic E-state index is -0.466. The first-order valence-corrected chi connectivity index (χ1v) is 6.49. The molecule has 2 aromatic rings. The maximum Gasteiger partial charge on any atom is 0.239 e. The summed E-state index contributed by atoms with van der Waals surface area (Å²) in [5.74, 6) is 0.432. The van der Waals surface area contributed by atoms with Crippen LogP contribution in [0.5, 0.6) is 5.88 Å². The van der Waals surface area contributed by atoms with Crippen LogP contribution in [0.2, 0.25) is 5.02 Å². The summed E-state index contributed by atoms with van der Waals surface area (Å²) in [4.78, 5) is 4.26. The number of nitrogen functional groups attached to an aromatic ring is 1. The van der Waals surface area contributed by atoms with E-state index in [0.29, 0.717) is 23.1 Å². The first-order valence-electron chi connectivity index (χ1n) is 6.11. The third-order valence-electron chi connectivity index (χ3n) is 2.43. The summed E-state index contributed by atoms with van der Waals surface area (Å²) >= 11 is 5.73. The second-order valence-corrected chi connectivity index (χ2v) is 4.92. The van der Waals surface area contributed by atoms with Crippen molar-refractivity contribution in [1.29, 1.82) is 0 Å². The van der Waals surface area contributed by atoms with Crippen LogP contribution in [0.3, 0.4) is 0 Å². The lowest BCUT2D eigenvalue weighted by Crippen LogP contribution is -2.09. The van der Waals surface area contributed by atoms with Crippen LogP contribution >= 0.6 is 11.6 Å². The zero-order valence-electron chi connectivity index (χ0n) is 11.2. The number of nitrogens with two attached hydrogens (primary N) is 1. The summed E-state index contributed by atoms with van der Waals surface area (Å²) in [6.45, 7) is 3.78. The first-order chi connectivity index (χ1) is 9.45. The Kier molecular flexibility index (Phi) is 4.29. The quantitative estimate of drug-likeness (QED) is 0.895. The van der Waals surface area contributed by atoms with Gasteiger partial charge in [-0.05, 0) is 44.2 Å². The average Bonchev–Trinajstić information content (AvgIpc) is 2.37. The molecule has 0 fully saturated rings. The Labute approximate surface area is 121 Å². The van der Waals surface area contributed by atoms with Gasteiger partial charge < -0.3 is 15.8 Å². The number of anilines is 3. The highest BCUT2D eigenvalue weighted by Crippen LogP contribution is 2.26. The maximum absolute atomic E-state index is 13.1. The Morgan fingerprint density at radius 3 is 2.70 bits per heavy atom. The molecule has 6 heteroatoms.